The van der Waals surface area contributed by atoms with E-state index in [1.54, 1.807) is 28.4 Å². The maximum atomic E-state index is 7.50. The Labute approximate surface area is 224 Å². The van der Waals surface area contributed by atoms with Gasteiger partial charge in [-0.2, -0.15) is 0 Å². The van der Waals surface area contributed by atoms with Crippen molar-refractivity contribution >= 4 is 29.6 Å². The second-order valence-corrected chi connectivity index (χ2v) is 3.20. The molecule has 178 valence electrons. The van der Waals surface area contributed by atoms with Crippen LogP contribution in [0.1, 0.15) is 0 Å². The fourth-order valence-corrected chi connectivity index (χ4v) is 0.773. The Morgan fingerprint density at radius 3 is 0.594 bits per heavy atom. The number of hydrogen-bond donors (Lipinski definition) is 0. The third kappa shape index (κ3) is 178. The van der Waals surface area contributed by atoms with E-state index in [4.69, 9.17) is 56.3 Å². The molecule has 0 rings (SSSR count). The Balaban J connectivity index is -0.0000000246. The summed E-state index contributed by atoms with van der Waals surface area (Å²) in [5, 5.41) is 0. The summed E-state index contributed by atoms with van der Waals surface area (Å²) in [6, 6.07) is 0. The third-order valence-electron chi connectivity index (χ3n) is 1.73. The molecular formula is C18H28NaO12V. The summed E-state index contributed by atoms with van der Waals surface area (Å²) >= 11 is 0. The molecule has 0 aliphatic rings. The first-order chi connectivity index (χ1) is 14.8. The molecule has 12 nitrogen and oxygen atoms in total. The molecule has 0 bridgehead atoms. The molecule has 0 aromatic carbocycles. The van der Waals surface area contributed by atoms with Crippen molar-refractivity contribution in [2.24, 2.45) is 0 Å². The quantitative estimate of drug-likeness (QED) is 0.154. The van der Waals surface area contributed by atoms with Crippen molar-refractivity contribution in [1.82, 2.24) is 0 Å². The Bertz CT molecular complexity index is 261. The van der Waals surface area contributed by atoms with Gasteiger partial charge in [-0.15, -0.1) is 0 Å². The van der Waals surface area contributed by atoms with E-state index in [1.807, 2.05) is 0 Å². The molecule has 0 aromatic heterocycles. The number of methoxy groups -OCH3 is 4. The molecule has 0 aliphatic carbocycles. The van der Waals surface area contributed by atoms with Gasteiger partial charge in [0.25, 0.3) is 0 Å². The molecule has 0 fully saturated rings. The van der Waals surface area contributed by atoms with Gasteiger partial charge in [0.2, 0.25) is 0 Å². The van der Waals surface area contributed by atoms with Crippen LogP contribution in [0.2, 0.25) is 0 Å². The second-order valence-electron chi connectivity index (χ2n) is 3.20. The van der Waals surface area contributed by atoms with Crippen molar-refractivity contribution in [3.8, 4) is 0 Å². The summed E-state index contributed by atoms with van der Waals surface area (Å²) in [6.45, 7) is 32.2. The van der Waals surface area contributed by atoms with Crippen LogP contribution in [-0.2, 0) is 74.9 Å². The van der Waals surface area contributed by atoms with Gasteiger partial charge in [-0.1, -0.05) is 0 Å². The standard InChI is InChI=1S/2C6H14O3.6CO.Na.V/c2*1-7-3-5-9-6-4-8-2;6*1-2;;/h2*3-6H2,1-2H3;;;;;;;;. The summed E-state index contributed by atoms with van der Waals surface area (Å²) in [7, 11) is 6.61. The van der Waals surface area contributed by atoms with Gasteiger partial charge in [0.1, 0.15) is 0 Å². The molecule has 0 amide bonds. The first kappa shape index (κ1) is 63.5. The van der Waals surface area contributed by atoms with Crippen LogP contribution < -0.4 is 0 Å². The van der Waals surface area contributed by atoms with Crippen LogP contribution in [0.4, 0.5) is 0 Å². The van der Waals surface area contributed by atoms with Crippen LogP contribution >= 0.6 is 0 Å². The molecule has 0 heterocycles. The van der Waals surface area contributed by atoms with E-state index in [1.165, 1.54) is 0 Å². The summed E-state index contributed by atoms with van der Waals surface area (Å²) in [6.07, 6.45) is 0. The van der Waals surface area contributed by atoms with Gasteiger partial charge in [0.05, 0.1) is 52.9 Å². The Morgan fingerprint density at radius 1 is 0.375 bits per heavy atom. The molecule has 0 aliphatic heterocycles. The molecule has 2 radical (unpaired) electrons. The van der Waals surface area contributed by atoms with Gasteiger partial charge in [-0.25, -0.2) is 0 Å². The van der Waals surface area contributed by atoms with Crippen LogP contribution in [0, 0.1) is 39.9 Å². The fourth-order valence-electron chi connectivity index (χ4n) is 0.773. The van der Waals surface area contributed by atoms with E-state index in [0.717, 1.165) is 0 Å². The van der Waals surface area contributed by atoms with Gasteiger partial charge in [0, 0.05) is 76.6 Å². The van der Waals surface area contributed by atoms with Crippen molar-refractivity contribution in [3.05, 3.63) is 39.9 Å². The van der Waals surface area contributed by atoms with Gasteiger partial charge in [-0.05, 0) is 0 Å². The predicted octanol–water partition coefficient (Wildman–Crippen LogP) is -0.0168. The van der Waals surface area contributed by atoms with Crippen molar-refractivity contribution in [2.75, 3.05) is 81.3 Å². The summed E-state index contributed by atoms with van der Waals surface area (Å²) < 4.78 is 74.2. The zero-order valence-electron chi connectivity index (χ0n) is 19.0. The zero-order chi connectivity index (χ0) is 25.9. The van der Waals surface area contributed by atoms with Crippen LogP contribution in [0.3, 0.4) is 0 Å². The fraction of sp³-hybridized carbons (Fsp3) is 0.667. The Morgan fingerprint density at radius 2 is 0.500 bits per heavy atom. The number of ether oxygens (including phenoxy) is 6. The van der Waals surface area contributed by atoms with E-state index < -0.39 is 0 Å². The molecule has 0 spiro atoms. The number of rotatable bonds is 12. The van der Waals surface area contributed by atoms with Gasteiger partial charge in [0.15, 0.2) is 0 Å². The molecule has 0 atom stereocenters. The summed E-state index contributed by atoms with van der Waals surface area (Å²) in [4.78, 5) is 0. The molecule has 14 heteroatoms. The SMILES string of the molecule is COCCOCCOC.COCCOCCOC.[C-]#[O+].[C-]#[O+].[C-]#[O+].[C-]#[O+].[C-]#[O+].[C-]#[O+].[Na].[V]. The first-order valence-electron chi connectivity index (χ1n) is 7.17. The monoisotopic (exact) mass is 510 g/mol. The largest absolute Gasteiger partial charge is 0 e. The second kappa shape index (κ2) is 144. The molecule has 0 aromatic rings. The molecule has 0 unspecified atom stereocenters. The van der Waals surface area contributed by atoms with E-state index >= 15 is 0 Å². The van der Waals surface area contributed by atoms with Crippen molar-refractivity contribution in [2.45, 2.75) is 0 Å². The zero-order valence-corrected chi connectivity index (χ0v) is 22.4. The van der Waals surface area contributed by atoms with Crippen LogP contribution in [0.25, 0.3) is 0 Å². The normalized spacial score (nSPS) is 6.00. The van der Waals surface area contributed by atoms with Crippen molar-refractivity contribution in [1.29, 1.82) is 0 Å². The average Bonchev–Trinajstić information content (AvgIpc) is 2.87. The van der Waals surface area contributed by atoms with E-state index in [-0.39, 0.29) is 48.1 Å². The van der Waals surface area contributed by atoms with Gasteiger partial charge >= 0.3 is 67.8 Å². The van der Waals surface area contributed by atoms with Gasteiger partial charge < -0.3 is 28.4 Å². The van der Waals surface area contributed by atoms with Crippen LogP contribution in [0.15, 0.2) is 0 Å². The molecule has 0 saturated carbocycles. The van der Waals surface area contributed by atoms with E-state index in [9.17, 15) is 0 Å². The van der Waals surface area contributed by atoms with Crippen LogP contribution in [0.5, 0.6) is 0 Å². The Hall–Kier alpha value is -0.216. The predicted molar refractivity (Wildman–Crippen MR) is 98.5 cm³/mol. The number of hydrogen-bond acceptors (Lipinski definition) is 6. The first-order valence-corrected chi connectivity index (χ1v) is 7.17. The minimum absolute atomic E-state index is 0. The molecule has 32 heavy (non-hydrogen) atoms. The van der Waals surface area contributed by atoms with Crippen molar-refractivity contribution in [3.63, 3.8) is 0 Å². The maximum Gasteiger partial charge on any atom is 0 e. The topological polar surface area (TPSA) is 175 Å². The third-order valence-corrected chi connectivity index (χ3v) is 1.73. The molecular weight excluding hydrogens is 482 g/mol. The average molecular weight is 510 g/mol. The molecule has 0 N–H and O–H groups in total. The van der Waals surface area contributed by atoms with E-state index in [0.29, 0.717) is 52.9 Å². The Kier molecular flexibility index (Phi) is 285. The van der Waals surface area contributed by atoms with Crippen molar-refractivity contribution < 1.29 is 74.9 Å². The maximum absolute atomic E-state index is 7.50. The summed E-state index contributed by atoms with van der Waals surface area (Å²) in [5.41, 5.74) is 0. The van der Waals surface area contributed by atoms with E-state index in [2.05, 4.69) is 39.9 Å². The van der Waals surface area contributed by atoms with Crippen LogP contribution in [-0.4, -0.2) is 111 Å². The summed E-state index contributed by atoms with van der Waals surface area (Å²) in [5.74, 6) is 0. The molecule has 0 saturated heterocycles. The minimum Gasteiger partial charge on any atom is 0 e. The minimum atomic E-state index is 0. The van der Waals surface area contributed by atoms with Gasteiger partial charge in [-0.3, -0.25) is 0 Å². The smallest absolute Gasteiger partial charge is 0 e.